The number of nitrogens with one attached hydrogen (secondary N) is 1. The van der Waals surface area contributed by atoms with Crippen LogP contribution in [0, 0.1) is 5.92 Å². The summed E-state index contributed by atoms with van der Waals surface area (Å²) in [7, 11) is 0. The minimum absolute atomic E-state index is 0.526. The Hall–Kier alpha value is -1.58. The van der Waals surface area contributed by atoms with Crippen molar-refractivity contribution in [1.29, 1.82) is 0 Å². The fraction of sp³-hybridized carbons (Fsp3) is 0.500. The van der Waals surface area contributed by atoms with Gasteiger partial charge in [0.1, 0.15) is 0 Å². The third-order valence-corrected chi connectivity index (χ3v) is 2.07. The van der Waals surface area contributed by atoms with E-state index in [0.717, 1.165) is 19.5 Å². The summed E-state index contributed by atoms with van der Waals surface area (Å²) >= 11 is 0. The quantitative estimate of drug-likeness (QED) is 0.578. The van der Waals surface area contributed by atoms with Gasteiger partial charge in [0.25, 0.3) is 0 Å². The first-order chi connectivity index (χ1) is 7.68. The van der Waals surface area contributed by atoms with Gasteiger partial charge in [-0.15, -0.1) is 0 Å². The number of aliphatic imine (C=N–C) groups is 1. The van der Waals surface area contributed by atoms with Crippen LogP contribution in [0.5, 0.6) is 0 Å². The molecule has 1 aromatic rings. The third kappa shape index (κ3) is 5.34. The number of hydrogen-bond donors (Lipinski definition) is 2. The number of aromatic nitrogens is 1. The van der Waals surface area contributed by atoms with Crippen molar-refractivity contribution < 1.29 is 0 Å². The molecule has 0 radical (unpaired) electrons. The highest BCUT2D eigenvalue weighted by molar-refractivity contribution is 5.77. The highest BCUT2D eigenvalue weighted by Crippen LogP contribution is 1.95. The molecular weight excluding hydrogens is 200 g/mol. The molecule has 0 atom stereocenters. The van der Waals surface area contributed by atoms with E-state index in [1.807, 2.05) is 12.3 Å². The molecule has 0 spiro atoms. The minimum atomic E-state index is 0.526. The first kappa shape index (κ1) is 12.5. The maximum atomic E-state index is 5.71. The maximum absolute atomic E-state index is 5.71. The van der Waals surface area contributed by atoms with Crippen LogP contribution in [0.2, 0.25) is 0 Å². The van der Waals surface area contributed by atoms with E-state index in [0.29, 0.717) is 11.9 Å². The van der Waals surface area contributed by atoms with Gasteiger partial charge in [0.15, 0.2) is 5.96 Å². The molecule has 0 saturated carbocycles. The smallest absolute Gasteiger partial charge is 0.188 e. The van der Waals surface area contributed by atoms with E-state index in [1.54, 1.807) is 6.20 Å². The van der Waals surface area contributed by atoms with Crippen molar-refractivity contribution in [3.63, 3.8) is 0 Å². The number of guanidine groups is 1. The fourth-order valence-corrected chi connectivity index (χ4v) is 1.22. The van der Waals surface area contributed by atoms with Crippen LogP contribution in [0.1, 0.15) is 19.4 Å². The summed E-state index contributed by atoms with van der Waals surface area (Å²) in [6, 6.07) is 3.99. The van der Waals surface area contributed by atoms with E-state index in [9.17, 15) is 0 Å². The van der Waals surface area contributed by atoms with Crippen molar-refractivity contribution in [2.45, 2.75) is 20.3 Å². The first-order valence-electron chi connectivity index (χ1n) is 5.61. The Bertz CT molecular complexity index is 319. The second-order valence-corrected chi connectivity index (χ2v) is 4.16. The second kappa shape index (κ2) is 6.82. The second-order valence-electron chi connectivity index (χ2n) is 4.16. The number of pyridine rings is 1. The average molecular weight is 220 g/mol. The summed E-state index contributed by atoms with van der Waals surface area (Å²) < 4.78 is 0. The lowest BCUT2D eigenvalue weighted by Crippen LogP contribution is -2.33. The third-order valence-electron chi connectivity index (χ3n) is 2.07. The Morgan fingerprint density at radius 2 is 2.38 bits per heavy atom. The molecule has 3 N–H and O–H groups in total. The monoisotopic (exact) mass is 220 g/mol. The molecule has 16 heavy (non-hydrogen) atoms. The van der Waals surface area contributed by atoms with E-state index >= 15 is 0 Å². The van der Waals surface area contributed by atoms with Gasteiger partial charge in [-0.05, 0) is 24.0 Å². The van der Waals surface area contributed by atoms with Crippen LogP contribution in [-0.4, -0.2) is 24.0 Å². The zero-order valence-corrected chi connectivity index (χ0v) is 9.98. The molecule has 0 aliphatic carbocycles. The Balaban J connectivity index is 2.23. The molecule has 1 rings (SSSR count). The predicted octanol–water partition coefficient (Wildman–Crippen LogP) is 1.18. The van der Waals surface area contributed by atoms with E-state index in [2.05, 4.69) is 35.2 Å². The summed E-state index contributed by atoms with van der Waals surface area (Å²) in [5, 5.41) is 3.09. The van der Waals surface area contributed by atoms with Crippen molar-refractivity contribution in [2.75, 3.05) is 13.1 Å². The van der Waals surface area contributed by atoms with E-state index < -0.39 is 0 Å². The molecule has 4 heteroatoms. The van der Waals surface area contributed by atoms with Crippen LogP contribution < -0.4 is 11.1 Å². The zero-order valence-electron chi connectivity index (χ0n) is 9.98. The van der Waals surface area contributed by atoms with Gasteiger partial charge in [0, 0.05) is 25.5 Å². The highest BCUT2D eigenvalue weighted by Gasteiger charge is 1.95. The number of rotatable bonds is 5. The van der Waals surface area contributed by atoms with Crippen LogP contribution in [0.25, 0.3) is 0 Å². The zero-order chi connectivity index (χ0) is 11.8. The molecule has 1 aromatic heterocycles. The summed E-state index contributed by atoms with van der Waals surface area (Å²) in [6.07, 6.45) is 4.55. The molecule has 0 fully saturated rings. The number of hydrogen-bond acceptors (Lipinski definition) is 2. The largest absolute Gasteiger partial charge is 0.370 e. The molecule has 88 valence electrons. The molecule has 1 heterocycles. The fourth-order valence-electron chi connectivity index (χ4n) is 1.22. The molecule has 0 aliphatic rings. The van der Waals surface area contributed by atoms with Gasteiger partial charge in [0.2, 0.25) is 0 Å². The van der Waals surface area contributed by atoms with Gasteiger partial charge in [-0.3, -0.25) is 9.98 Å². The van der Waals surface area contributed by atoms with Crippen molar-refractivity contribution in [3.05, 3.63) is 30.1 Å². The minimum Gasteiger partial charge on any atom is -0.370 e. The van der Waals surface area contributed by atoms with Crippen LogP contribution >= 0.6 is 0 Å². The van der Waals surface area contributed by atoms with Crippen LogP contribution in [0.4, 0.5) is 0 Å². The Labute approximate surface area is 97.0 Å². The molecule has 0 amide bonds. The average Bonchev–Trinajstić information content (AvgIpc) is 2.28. The molecule has 0 unspecified atom stereocenters. The van der Waals surface area contributed by atoms with Crippen molar-refractivity contribution >= 4 is 5.96 Å². The molecular formula is C12H20N4. The van der Waals surface area contributed by atoms with Gasteiger partial charge in [-0.1, -0.05) is 19.9 Å². The van der Waals surface area contributed by atoms with E-state index in [1.165, 1.54) is 5.56 Å². The van der Waals surface area contributed by atoms with Gasteiger partial charge >= 0.3 is 0 Å². The van der Waals surface area contributed by atoms with Gasteiger partial charge in [-0.2, -0.15) is 0 Å². The van der Waals surface area contributed by atoms with Gasteiger partial charge in [0.05, 0.1) is 0 Å². The lowest BCUT2D eigenvalue weighted by atomic mass is 10.2. The number of nitrogens with two attached hydrogens (primary N) is 1. The summed E-state index contributed by atoms with van der Waals surface area (Å²) in [6.45, 7) is 5.80. The Morgan fingerprint density at radius 3 is 3.00 bits per heavy atom. The summed E-state index contributed by atoms with van der Waals surface area (Å²) in [5.74, 6) is 1.07. The molecule has 0 bridgehead atoms. The van der Waals surface area contributed by atoms with Gasteiger partial charge < -0.3 is 11.1 Å². The molecule has 0 saturated heterocycles. The van der Waals surface area contributed by atoms with Crippen LogP contribution in [0.3, 0.4) is 0 Å². The van der Waals surface area contributed by atoms with Gasteiger partial charge in [-0.25, -0.2) is 0 Å². The molecule has 0 aliphatic heterocycles. The summed E-state index contributed by atoms with van der Waals surface area (Å²) in [5.41, 5.74) is 6.91. The van der Waals surface area contributed by atoms with E-state index in [-0.39, 0.29) is 0 Å². The highest BCUT2D eigenvalue weighted by atomic mass is 15.1. The predicted molar refractivity (Wildman–Crippen MR) is 67.3 cm³/mol. The van der Waals surface area contributed by atoms with Crippen molar-refractivity contribution in [3.8, 4) is 0 Å². The lowest BCUT2D eigenvalue weighted by Gasteiger charge is -2.06. The molecule has 0 aromatic carbocycles. The Kier molecular flexibility index (Phi) is 5.32. The summed E-state index contributed by atoms with van der Waals surface area (Å²) in [4.78, 5) is 8.28. The van der Waals surface area contributed by atoms with E-state index in [4.69, 9.17) is 5.73 Å². The maximum Gasteiger partial charge on any atom is 0.188 e. The lowest BCUT2D eigenvalue weighted by molar-refractivity contribution is 0.661. The molecule has 4 nitrogen and oxygen atoms in total. The standard InChI is InChI=1S/C12H20N4/c1-10(2)8-16-12(13)15-7-5-11-4-3-6-14-9-11/h3-4,6,9-10H,5,7-8H2,1-2H3,(H3,13,15,16). The number of nitrogens with zero attached hydrogens (tertiary/aromatic N) is 2. The topological polar surface area (TPSA) is 63.3 Å². The first-order valence-corrected chi connectivity index (χ1v) is 5.61. The van der Waals surface area contributed by atoms with Crippen molar-refractivity contribution in [1.82, 2.24) is 10.3 Å². The van der Waals surface area contributed by atoms with Crippen LogP contribution in [0.15, 0.2) is 29.5 Å². The normalized spacial score (nSPS) is 11.8. The van der Waals surface area contributed by atoms with Crippen LogP contribution in [-0.2, 0) is 6.42 Å². The SMILES string of the molecule is CC(C)CN=C(N)NCCc1cccnc1. The Morgan fingerprint density at radius 1 is 1.56 bits per heavy atom. The van der Waals surface area contributed by atoms with Crippen molar-refractivity contribution in [2.24, 2.45) is 16.6 Å².